The fourth-order valence-electron chi connectivity index (χ4n) is 0.843. The molecule has 64 valence electrons. The molecule has 0 aromatic carbocycles. The van der Waals surface area contributed by atoms with Crippen molar-refractivity contribution in [2.45, 2.75) is 0 Å². The summed E-state index contributed by atoms with van der Waals surface area (Å²) < 4.78 is 5.76. The first-order chi connectivity index (χ1) is 5.69. The first-order valence-electron chi connectivity index (χ1n) is 3.26. The van der Waals surface area contributed by atoms with Crippen LogP contribution in [0.3, 0.4) is 0 Å². The van der Waals surface area contributed by atoms with Crippen molar-refractivity contribution in [1.82, 2.24) is 9.78 Å². The summed E-state index contributed by atoms with van der Waals surface area (Å²) in [5, 5.41) is 3.75. The Morgan fingerprint density at radius 1 is 1.75 bits per heavy atom. The van der Waals surface area contributed by atoms with Gasteiger partial charge in [0.1, 0.15) is 11.4 Å². The molecule has 0 atom stereocenters. The van der Waals surface area contributed by atoms with Gasteiger partial charge in [0.25, 0.3) is 0 Å². The molecule has 0 bridgehead atoms. The second-order valence-electron chi connectivity index (χ2n) is 2.19. The number of methoxy groups -OCH3 is 1. The molecule has 0 unspecified atom stereocenters. The van der Waals surface area contributed by atoms with E-state index in [-0.39, 0.29) is 11.4 Å². The zero-order valence-corrected chi connectivity index (χ0v) is 6.77. The standard InChI is InChI=1S/C7H8N2O3/c1-9-6(7(11)12-2)3-5(4-10)8-9/h3-4H,1-2H3. The minimum absolute atomic E-state index is 0.220. The highest BCUT2D eigenvalue weighted by atomic mass is 16.5. The van der Waals surface area contributed by atoms with Crippen LogP contribution in [0.2, 0.25) is 0 Å². The second-order valence-corrected chi connectivity index (χ2v) is 2.19. The summed E-state index contributed by atoms with van der Waals surface area (Å²) in [4.78, 5) is 21.2. The van der Waals surface area contributed by atoms with E-state index >= 15 is 0 Å². The maximum absolute atomic E-state index is 11.0. The van der Waals surface area contributed by atoms with Gasteiger partial charge in [-0.25, -0.2) is 4.79 Å². The Hall–Kier alpha value is -1.65. The third-order valence-corrected chi connectivity index (χ3v) is 1.41. The van der Waals surface area contributed by atoms with Crippen LogP contribution in [-0.2, 0) is 11.8 Å². The maximum atomic E-state index is 11.0. The lowest BCUT2D eigenvalue weighted by molar-refractivity contribution is 0.0588. The van der Waals surface area contributed by atoms with Crippen LogP contribution in [0.15, 0.2) is 6.07 Å². The van der Waals surface area contributed by atoms with Crippen molar-refractivity contribution in [2.75, 3.05) is 7.11 Å². The lowest BCUT2D eigenvalue weighted by Gasteiger charge is -1.96. The molecule has 0 aliphatic heterocycles. The molecule has 0 N–H and O–H groups in total. The first kappa shape index (κ1) is 8.45. The Bertz CT molecular complexity index is 316. The number of hydrogen-bond donors (Lipinski definition) is 0. The normalized spacial score (nSPS) is 9.50. The van der Waals surface area contributed by atoms with E-state index in [2.05, 4.69) is 9.84 Å². The highest BCUT2D eigenvalue weighted by molar-refractivity contribution is 5.89. The predicted molar refractivity (Wildman–Crippen MR) is 39.9 cm³/mol. The van der Waals surface area contributed by atoms with Gasteiger partial charge in [0.2, 0.25) is 0 Å². The maximum Gasteiger partial charge on any atom is 0.356 e. The average molecular weight is 168 g/mol. The van der Waals surface area contributed by atoms with E-state index in [0.29, 0.717) is 6.29 Å². The lowest BCUT2D eigenvalue weighted by atomic mass is 10.4. The zero-order chi connectivity index (χ0) is 9.14. The Morgan fingerprint density at radius 3 is 2.83 bits per heavy atom. The molecule has 0 radical (unpaired) electrons. The lowest BCUT2D eigenvalue weighted by Crippen LogP contribution is -2.07. The molecule has 12 heavy (non-hydrogen) atoms. The summed E-state index contributed by atoms with van der Waals surface area (Å²) in [6.07, 6.45) is 0.576. The quantitative estimate of drug-likeness (QED) is 0.461. The van der Waals surface area contributed by atoms with Crippen LogP contribution in [0.25, 0.3) is 0 Å². The van der Waals surface area contributed by atoms with Crippen molar-refractivity contribution < 1.29 is 14.3 Å². The third kappa shape index (κ3) is 1.34. The smallest absolute Gasteiger partial charge is 0.356 e. The molecule has 0 aliphatic carbocycles. The Morgan fingerprint density at radius 2 is 2.42 bits per heavy atom. The van der Waals surface area contributed by atoms with E-state index in [1.807, 2.05) is 0 Å². The van der Waals surface area contributed by atoms with E-state index in [1.165, 1.54) is 17.9 Å². The Labute approximate surface area is 68.9 Å². The summed E-state index contributed by atoms with van der Waals surface area (Å²) >= 11 is 0. The molecular formula is C7H8N2O3. The van der Waals surface area contributed by atoms with E-state index < -0.39 is 5.97 Å². The number of ether oxygens (including phenoxy) is 1. The number of aromatic nitrogens is 2. The molecule has 5 nitrogen and oxygen atoms in total. The molecular weight excluding hydrogens is 160 g/mol. The monoisotopic (exact) mass is 168 g/mol. The van der Waals surface area contributed by atoms with Crippen LogP contribution in [0.1, 0.15) is 21.0 Å². The minimum atomic E-state index is -0.502. The van der Waals surface area contributed by atoms with Crippen LogP contribution in [0.5, 0.6) is 0 Å². The second kappa shape index (κ2) is 3.17. The zero-order valence-electron chi connectivity index (χ0n) is 6.77. The average Bonchev–Trinajstić information content (AvgIpc) is 2.45. The van der Waals surface area contributed by atoms with Crippen LogP contribution in [-0.4, -0.2) is 29.1 Å². The van der Waals surface area contributed by atoms with Crippen LogP contribution in [0, 0.1) is 0 Å². The Balaban J connectivity index is 3.07. The fraction of sp³-hybridized carbons (Fsp3) is 0.286. The molecule has 1 rings (SSSR count). The van der Waals surface area contributed by atoms with Gasteiger partial charge in [-0.05, 0) is 0 Å². The molecule has 1 aromatic rings. The summed E-state index contributed by atoms with van der Waals surface area (Å²) in [6, 6.07) is 1.37. The number of hydrogen-bond acceptors (Lipinski definition) is 4. The first-order valence-corrected chi connectivity index (χ1v) is 3.26. The van der Waals surface area contributed by atoms with Crippen molar-refractivity contribution in [2.24, 2.45) is 7.05 Å². The number of nitrogens with zero attached hydrogens (tertiary/aromatic N) is 2. The van der Waals surface area contributed by atoms with E-state index in [4.69, 9.17) is 0 Å². The molecule has 0 fully saturated rings. The molecule has 0 saturated heterocycles. The van der Waals surface area contributed by atoms with Crippen molar-refractivity contribution in [1.29, 1.82) is 0 Å². The molecule has 1 aromatic heterocycles. The highest BCUT2D eigenvalue weighted by Gasteiger charge is 2.12. The van der Waals surface area contributed by atoms with Gasteiger partial charge in [-0.1, -0.05) is 0 Å². The fourth-order valence-corrected chi connectivity index (χ4v) is 0.843. The number of esters is 1. The van der Waals surface area contributed by atoms with Crippen molar-refractivity contribution in [3.8, 4) is 0 Å². The van der Waals surface area contributed by atoms with Crippen LogP contribution in [0.4, 0.5) is 0 Å². The molecule has 0 aliphatic rings. The molecule has 0 amide bonds. The number of aryl methyl sites for hydroxylation is 1. The highest BCUT2D eigenvalue weighted by Crippen LogP contribution is 2.01. The van der Waals surface area contributed by atoms with Gasteiger partial charge >= 0.3 is 5.97 Å². The summed E-state index contributed by atoms with van der Waals surface area (Å²) in [5.41, 5.74) is 0.484. The number of carbonyl (C=O) groups is 2. The molecule has 0 spiro atoms. The van der Waals surface area contributed by atoms with Crippen molar-refractivity contribution >= 4 is 12.3 Å². The van der Waals surface area contributed by atoms with Crippen LogP contribution < -0.4 is 0 Å². The van der Waals surface area contributed by atoms with Crippen molar-refractivity contribution in [3.63, 3.8) is 0 Å². The predicted octanol–water partition coefficient (Wildman–Crippen LogP) is 0.0192. The van der Waals surface area contributed by atoms with Gasteiger partial charge in [0, 0.05) is 13.1 Å². The largest absolute Gasteiger partial charge is 0.464 e. The topological polar surface area (TPSA) is 61.2 Å². The van der Waals surface area contributed by atoms with E-state index in [1.54, 1.807) is 7.05 Å². The molecule has 1 heterocycles. The number of aldehydes is 1. The Kier molecular flexibility index (Phi) is 2.23. The van der Waals surface area contributed by atoms with E-state index in [9.17, 15) is 9.59 Å². The van der Waals surface area contributed by atoms with Gasteiger partial charge in [0.05, 0.1) is 7.11 Å². The minimum Gasteiger partial charge on any atom is -0.464 e. The van der Waals surface area contributed by atoms with Gasteiger partial charge in [-0.15, -0.1) is 0 Å². The third-order valence-electron chi connectivity index (χ3n) is 1.41. The molecule has 5 heteroatoms. The van der Waals surface area contributed by atoms with Gasteiger partial charge in [-0.3, -0.25) is 9.48 Å². The number of carbonyl (C=O) groups excluding carboxylic acids is 2. The van der Waals surface area contributed by atoms with E-state index in [0.717, 1.165) is 0 Å². The summed E-state index contributed by atoms with van der Waals surface area (Å²) in [5.74, 6) is -0.502. The van der Waals surface area contributed by atoms with Gasteiger partial charge in [-0.2, -0.15) is 5.10 Å². The van der Waals surface area contributed by atoms with Gasteiger partial charge in [0.15, 0.2) is 6.29 Å². The summed E-state index contributed by atoms with van der Waals surface area (Å²) in [6.45, 7) is 0. The van der Waals surface area contributed by atoms with Crippen molar-refractivity contribution in [3.05, 3.63) is 17.5 Å². The van der Waals surface area contributed by atoms with Crippen LogP contribution >= 0.6 is 0 Å². The SMILES string of the molecule is COC(=O)c1cc(C=O)nn1C. The van der Waals surface area contributed by atoms with Gasteiger partial charge < -0.3 is 4.74 Å². The summed E-state index contributed by atoms with van der Waals surface area (Å²) in [7, 11) is 2.84. The molecule has 0 saturated carbocycles. The number of rotatable bonds is 2.